The Balaban J connectivity index is 1.94. The van der Waals surface area contributed by atoms with Gasteiger partial charge < -0.3 is 10.1 Å². The lowest BCUT2D eigenvalue weighted by Gasteiger charge is -2.29. The van der Waals surface area contributed by atoms with Gasteiger partial charge in [0.1, 0.15) is 12.1 Å². The zero-order valence-electron chi connectivity index (χ0n) is 12.2. The maximum absolute atomic E-state index is 5.63. The monoisotopic (exact) mass is 263 g/mol. The summed E-state index contributed by atoms with van der Waals surface area (Å²) in [7, 11) is 0. The maximum Gasteiger partial charge on any atom is 0.218 e. The summed E-state index contributed by atoms with van der Waals surface area (Å²) in [4.78, 5) is 8.44. The minimum atomic E-state index is 0.504. The molecule has 2 rings (SSSR count). The van der Waals surface area contributed by atoms with E-state index in [0.717, 1.165) is 5.82 Å². The Labute approximate surface area is 116 Å². The molecule has 0 aliphatic heterocycles. The fourth-order valence-corrected chi connectivity index (χ4v) is 2.47. The Morgan fingerprint density at radius 2 is 2.11 bits per heavy atom. The van der Waals surface area contributed by atoms with Crippen LogP contribution in [0.5, 0.6) is 5.88 Å². The average molecular weight is 263 g/mol. The molecule has 0 radical (unpaired) electrons. The van der Waals surface area contributed by atoms with Crippen molar-refractivity contribution in [1.82, 2.24) is 9.97 Å². The van der Waals surface area contributed by atoms with Crippen molar-refractivity contribution in [3.8, 4) is 5.88 Å². The summed E-state index contributed by atoms with van der Waals surface area (Å²) in [5.41, 5.74) is 0. The molecule has 1 aromatic heterocycles. The van der Waals surface area contributed by atoms with Crippen LogP contribution in [-0.2, 0) is 0 Å². The van der Waals surface area contributed by atoms with Crippen molar-refractivity contribution in [2.24, 2.45) is 11.8 Å². The van der Waals surface area contributed by atoms with Crippen LogP contribution < -0.4 is 10.1 Å². The fourth-order valence-electron chi connectivity index (χ4n) is 2.47. The van der Waals surface area contributed by atoms with E-state index in [-0.39, 0.29) is 0 Å². The Kier molecular flexibility index (Phi) is 5.00. The summed E-state index contributed by atoms with van der Waals surface area (Å²) in [5.74, 6) is 2.76. The van der Waals surface area contributed by atoms with Crippen molar-refractivity contribution >= 4 is 5.82 Å². The van der Waals surface area contributed by atoms with Crippen molar-refractivity contribution in [2.45, 2.75) is 52.5 Å². The van der Waals surface area contributed by atoms with Gasteiger partial charge in [0, 0.05) is 12.1 Å². The van der Waals surface area contributed by atoms with E-state index in [1.54, 1.807) is 6.33 Å². The minimum Gasteiger partial charge on any atom is -0.477 e. The Morgan fingerprint density at radius 3 is 2.84 bits per heavy atom. The lowest BCUT2D eigenvalue weighted by atomic mass is 9.86. The van der Waals surface area contributed by atoms with Gasteiger partial charge in [-0.05, 0) is 24.7 Å². The van der Waals surface area contributed by atoms with Crippen LogP contribution in [0.1, 0.15) is 46.5 Å². The van der Waals surface area contributed by atoms with Crippen molar-refractivity contribution in [1.29, 1.82) is 0 Å². The molecule has 1 fully saturated rings. The van der Waals surface area contributed by atoms with Crippen LogP contribution in [0.2, 0.25) is 0 Å². The van der Waals surface area contributed by atoms with E-state index in [9.17, 15) is 0 Å². The van der Waals surface area contributed by atoms with Crippen LogP contribution in [0.25, 0.3) is 0 Å². The summed E-state index contributed by atoms with van der Waals surface area (Å²) >= 11 is 0. The van der Waals surface area contributed by atoms with Gasteiger partial charge in [-0.1, -0.05) is 33.6 Å². The summed E-state index contributed by atoms with van der Waals surface area (Å²) in [6.07, 6.45) is 6.77. The van der Waals surface area contributed by atoms with E-state index in [0.29, 0.717) is 30.4 Å². The van der Waals surface area contributed by atoms with Crippen molar-refractivity contribution in [3.63, 3.8) is 0 Å². The number of anilines is 1. The Morgan fingerprint density at radius 1 is 1.32 bits per heavy atom. The third-order valence-electron chi connectivity index (χ3n) is 3.65. The highest BCUT2D eigenvalue weighted by Gasteiger charge is 2.21. The molecule has 0 spiro atoms. The second kappa shape index (κ2) is 6.73. The second-order valence-electron chi connectivity index (χ2n) is 5.96. The number of hydrogen-bond acceptors (Lipinski definition) is 4. The molecule has 1 aliphatic rings. The third-order valence-corrected chi connectivity index (χ3v) is 3.65. The Hall–Kier alpha value is -1.32. The van der Waals surface area contributed by atoms with Gasteiger partial charge in [0.2, 0.25) is 5.88 Å². The van der Waals surface area contributed by atoms with Gasteiger partial charge in [0.15, 0.2) is 0 Å². The molecule has 19 heavy (non-hydrogen) atoms. The van der Waals surface area contributed by atoms with Crippen molar-refractivity contribution in [3.05, 3.63) is 12.4 Å². The number of aromatic nitrogens is 2. The summed E-state index contributed by atoms with van der Waals surface area (Å²) in [5, 5.41) is 3.53. The molecule has 106 valence electrons. The average Bonchev–Trinajstić information content (AvgIpc) is 2.40. The Bertz CT molecular complexity index is 395. The lowest BCUT2D eigenvalue weighted by Crippen LogP contribution is -2.30. The molecule has 1 saturated carbocycles. The topological polar surface area (TPSA) is 47.0 Å². The van der Waals surface area contributed by atoms with Crippen LogP contribution in [0.15, 0.2) is 12.4 Å². The quantitative estimate of drug-likeness (QED) is 0.883. The molecule has 0 aromatic carbocycles. The van der Waals surface area contributed by atoms with Crippen LogP contribution in [0.4, 0.5) is 5.82 Å². The highest BCUT2D eigenvalue weighted by atomic mass is 16.5. The minimum absolute atomic E-state index is 0.504. The van der Waals surface area contributed by atoms with E-state index in [1.807, 2.05) is 6.07 Å². The standard InChI is InChI=1S/C15H25N3O/c1-11(2)9-19-15-8-14(16-10-17-15)18-13-7-5-4-6-12(13)3/h8,10-13H,4-7,9H2,1-3H3,(H,16,17,18). The first-order chi connectivity index (χ1) is 9.15. The van der Waals surface area contributed by atoms with Gasteiger partial charge in [-0.2, -0.15) is 0 Å². The lowest BCUT2D eigenvalue weighted by molar-refractivity contribution is 0.261. The molecule has 4 nitrogen and oxygen atoms in total. The largest absolute Gasteiger partial charge is 0.477 e. The molecule has 0 amide bonds. The van der Waals surface area contributed by atoms with Crippen LogP contribution in [0.3, 0.4) is 0 Å². The van der Waals surface area contributed by atoms with E-state index in [1.165, 1.54) is 25.7 Å². The van der Waals surface area contributed by atoms with Gasteiger partial charge >= 0.3 is 0 Å². The molecular formula is C15H25N3O. The number of nitrogens with one attached hydrogen (secondary N) is 1. The zero-order chi connectivity index (χ0) is 13.7. The summed E-state index contributed by atoms with van der Waals surface area (Å²) < 4.78 is 5.63. The first-order valence-corrected chi connectivity index (χ1v) is 7.36. The third kappa shape index (κ3) is 4.37. The number of hydrogen-bond donors (Lipinski definition) is 1. The number of rotatable bonds is 5. The van der Waals surface area contributed by atoms with E-state index >= 15 is 0 Å². The van der Waals surface area contributed by atoms with Gasteiger partial charge in [0.25, 0.3) is 0 Å². The van der Waals surface area contributed by atoms with Crippen LogP contribution >= 0.6 is 0 Å². The molecule has 4 heteroatoms. The first kappa shape index (κ1) is 14.1. The SMILES string of the molecule is CC(C)COc1cc(NC2CCCCC2C)ncn1. The van der Waals surface area contributed by atoms with Gasteiger partial charge in [-0.15, -0.1) is 0 Å². The predicted octanol–water partition coefficient (Wildman–Crippen LogP) is 3.50. The van der Waals surface area contributed by atoms with Crippen molar-refractivity contribution < 1.29 is 4.74 Å². The molecule has 1 heterocycles. The smallest absolute Gasteiger partial charge is 0.218 e. The van der Waals surface area contributed by atoms with E-state index < -0.39 is 0 Å². The number of nitrogens with zero attached hydrogens (tertiary/aromatic N) is 2. The van der Waals surface area contributed by atoms with Gasteiger partial charge in [-0.3, -0.25) is 0 Å². The number of ether oxygens (including phenoxy) is 1. The molecule has 0 bridgehead atoms. The normalized spacial score (nSPS) is 23.4. The zero-order valence-corrected chi connectivity index (χ0v) is 12.2. The van der Waals surface area contributed by atoms with Crippen LogP contribution in [0, 0.1) is 11.8 Å². The molecule has 1 aliphatic carbocycles. The highest BCUT2D eigenvalue weighted by molar-refractivity contribution is 5.38. The molecule has 1 N–H and O–H groups in total. The fraction of sp³-hybridized carbons (Fsp3) is 0.733. The summed E-state index contributed by atoms with van der Waals surface area (Å²) in [6.45, 7) is 7.26. The molecular weight excluding hydrogens is 238 g/mol. The predicted molar refractivity (Wildman–Crippen MR) is 77.4 cm³/mol. The molecule has 2 unspecified atom stereocenters. The van der Waals surface area contributed by atoms with E-state index in [4.69, 9.17) is 4.74 Å². The van der Waals surface area contributed by atoms with E-state index in [2.05, 4.69) is 36.1 Å². The second-order valence-corrected chi connectivity index (χ2v) is 5.96. The molecule has 1 aromatic rings. The van der Waals surface area contributed by atoms with Crippen molar-refractivity contribution in [2.75, 3.05) is 11.9 Å². The van der Waals surface area contributed by atoms with Gasteiger partial charge in [-0.25, -0.2) is 9.97 Å². The molecule has 0 saturated heterocycles. The summed E-state index contributed by atoms with van der Waals surface area (Å²) in [6, 6.07) is 2.44. The van der Waals surface area contributed by atoms with Gasteiger partial charge in [0.05, 0.1) is 6.61 Å². The maximum atomic E-state index is 5.63. The highest BCUT2D eigenvalue weighted by Crippen LogP contribution is 2.26. The first-order valence-electron chi connectivity index (χ1n) is 7.36. The molecule has 2 atom stereocenters. The van der Waals surface area contributed by atoms with Crippen LogP contribution in [-0.4, -0.2) is 22.6 Å².